The van der Waals surface area contributed by atoms with Gasteiger partial charge >= 0.3 is 5.97 Å². The molecule has 2 rings (SSSR count). The molecular weight excluding hydrogens is 344 g/mol. The number of esters is 1. The van der Waals surface area contributed by atoms with Crippen LogP contribution in [0, 0.1) is 11.3 Å². The number of anilines is 1. The van der Waals surface area contributed by atoms with Gasteiger partial charge in [-0.3, -0.25) is 4.79 Å². The zero-order valence-corrected chi connectivity index (χ0v) is 15.1. The average Bonchev–Trinajstić information content (AvgIpc) is 2.68. The van der Waals surface area contributed by atoms with E-state index in [9.17, 15) is 9.59 Å². The Morgan fingerprint density at radius 3 is 2.56 bits per heavy atom. The first kappa shape index (κ1) is 19.7. The molecule has 0 bridgehead atoms. The van der Waals surface area contributed by atoms with E-state index in [1.807, 2.05) is 37.3 Å². The van der Waals surface area contributed by atoms with Gasteiger partial charge in [0.15, 0.2) is 6.10 Å². The van der Waals surface area contributed by atoms with Crippen molar-refractivity contribution in [2.75, 3.05) is 11.9 Å². The maximum Gasteiger partial charge on any atom is 0.331 e. The molecule has 1 amide bonds. The zero-order chi connectivity index (χ0) is 19.6. The van der Waals surface area contributed by atoms with E-state index >= 15 is 0 Å². The first-order valence-corrected chi connectivity index (χ1v) is 8.45. The Morgan fingerprint density at radius 1 is 1.19 bits per heavy atom. The first-order chi connectivity index (χ1) is 13.0. The summed E-state index contributed by atoms with van der Waals surface area (Å²) in [5, 5.41) is 11.4. The van der Waals surface area contributed by atoms with Crippen LogP contribution in [-0.4, -0.2) is 24.6 Å². The molecule has 0 fully saturated rings. The molecule has 2 aromatic carbocycles. The molecule has 0 saturated heterocycles. The van der Waals surface area contributed by atoms with Gasteiger partial charge in [-0.1, -0.05) is 18.2 Å². The number of hydrogen-bond donors (Lipinski definition) is 1. The molecular formula is C21H20N2O4. The van der Waals surface area contributed by atoms with Crippen LogP contribution in [0.2, 0.25) is 0 Å². The van der Waals surface area contributed by atoms with E-state index in [2.05, 4.69) is 5.32 Å². The number of benzene rings is 2. The smallest absolute Gasteiger partial charge is 0.331 e. The number of carbonyl (C=O) groups excluding carboxylic acids is 2. The van der Waals surface area contributed by atoms with Crippen molar-refractivity contribution in [3.63, 3.8) is 0 Å². The van der Waals surface area contributed by atoms with Gasteiger partial charge in [0, 0.05) is 17.3 Å². The molecule has 6 heteroatoms. The zero-order valence-electron chi connectivity index (χ0n) is 15.1. The van der Waals surface area contributed by atoms with Crippen molar-refractivity contribution < 1.29 is 19.1 Å². The van der Waals surface area contributed by atoms with Crippen LogP contribution in [0.5, 0.6) is 5.75 Å². The molecule has 138 valence electrons. The van der Waals surface area contributed by atoms with Crippen molar-refractivity contribution in [3.05, 3.63) is 65.7 Å². The summed E-state index contributed by atoms with van der Waals surface area (Å²) < 4.78 is 10.6. The molecule has 27 heavy (non-hydrogen) atoms. The molecule has 1 N–H and O–H groups in total. The lowest BCUT2D eigenvalue weighted by Crippen LogP contribution is -2.29. The third-order valence-corrected chi connectivity index (χ3v) is 3.56. The summed E-state index contributed by atoms with van der Waals surface area (Å²) in [6.45, 7) is 3.88. The monoisotopic (exact) mass is 364 g/mol. The first-order valence-electron chi connectivity index (χ1n) is 8.45. The number of nitrogens with one attached hydrogen (secondary N) is 1. The van der Waals surface area contributed by atoms with Gasteiger partial charge in [0.05, 0.1) is 18.2 Å². The second-order valence-electron chi connectivity index (χ2n) is 5.56. The predicted molar refractivity (Wildman–Crippen MR) is 102 cm³/mol. The molecule has 2 aromatic rings. The van der Waals surface area contributed by atoms with Crippen LogP contribution >= 0.6 is 0 Å². The second kappa shape index (κ2) is 9.78. The van der Waals surface area contributed by atoms with Crippen LogP contribution < -0.4 is 10.1 Å². The van der Waals surface area contributed by atoms with Gasteiger partial charge in [0.25, 0.3) is 5.91 Å². The van der Waals surface area contributed by atoms with Crippen LogP contribution in [0.25, 0.3) is 6.08 Å². The van der Waals surface area contributed by atoms with Crippen molar-refractivity contribution in [2.45, 2.75) is 20.0 Å². The van der Waals surface area contributed by atoms with Crippen molar-refractivity contribution >= 4 is 23.6 Å². The molecule has 0 aromatic heterocycles. The molecule has 0 radical (unpaired) electrons. The quantitative estimate of drug-likeness (QED) is 0.600. The average molecular weight is 364 g/mol. The molecule has 6 nitrogen and oxygen atoms in total. The van der Waals surface area contributed by atoms with Crippen LogP contribution in [0.1, 0.15) is 25.0 Å². The number of ether oxygens (including phenoxy) is 2. The Hall–Kier alpha value is -3.59. The number of para-hydroxylation sites is 1. The fraction of sp³-hybridized carbons (Fsp3) is 0.190. The predicted octanol–water partition coefficient (Wildman–Crippen LogP) is 3.54. The summed E-state index contributed by atoms with van der Waals surface area (Å²) in [6.07, 6.45) is 1.86. The SMILES string of the molecule is CCOc1ccccc1/C=C/C(=O)O[C@H](C)C(=O)Nc1ccc(C#N)cc1. The Kier molecular flexibility index (Phi) is 7.15. The van der Waals surface area contributed by atoms with Crippen molar-refractivity contribution in [3.8, 4) is 11.8 Å². The minimum atomic E-state index is -0.972. The molecule has 0 aliphatic carbocycles. The molecule has 0 heterocycles. The molecule has 0 unspecified atom stereocenters. The van der Waals surface area contributed by atoms with Crippen molar-refractivity contribution in [1.82, 2.24) is 0 Å². The standard InChI is InChI=1S/C21H20N2O4/c1-3-26-19-7-5-4-6-17(19)10-13-20(24)27-15(2)21(25)23-18-11-8-16(14-22)9-12-18/h4-13,15H,3H2,1-2H3,(H,23,25)/b13-10+/t15-/m1/s1. The molecule has 0 saturated carbocycles. The summed E-state index contributed by atoms with van der Waals surface area (Å²) in [5.74, 6) is -0.435. The normalized spacial score (nSPS) is 11.4. The highest BCUT2D eigenvalue weighted by Crippen LogP contribution is 2.19. The van der Waals surface area contributed by atoms with Crippen LogP contribution in [0.15, 0.2) is 54.6 Å². The number of amides is 1. The maximum absolute atomic E-state index is 12.1. The number of hydrogen-bond acceptors (Lipinski definition) is 5. The molecule has 0 aliphatic rings. The van der Waals surface area contributed by atoms with Gasteiger partial charge in [-0.05, 0) is 50.3 Å². The largest absolute Gasteiger partial charge is 0.493 e. The summed E-state index contributed by atoms with van der Waals surface area (Å²) in [6, 6.07) is 15.7. The second-order valence-corrected chi connectivity index (χ2v) is 5.56. The lowest BCUT2D eigenvalue weighted by Gasteiger charge is -2.12. The van der Waals surface area contributed by atoms with Gasteiger partial charge in [-0.25, -0.2) is 4.79 Å². The van der Waals surface area contributed by atoms with E-state index < -0.39 is 18.0 Å². The van der Waals surface area contributed by atoms with Crippen molar-refractivity contribution in [1.29, 1.82) is 5.26 Å². The lowest BCUT2D eigenvalue weighted by molar-refractivity contribution is -0.148. The van der Waals surface area contributed by atoms with Gasteiger partial charge in [-0.15, -0.1) is 0 Å². The third-order valence-electron chi connectivity index (χ3n) is 3.56. The van der Waals surface area contributed by atoms with E-state index in [4.69, 9.17) is 14.7 Å². The fourth-order valence-electron chi connectivity index (χ4n) is 2.20. The van der Waals surface area contributed by atoms with Gasteiger partial charge in [0.2, 0.25) is 0 Å². The summed E-state index contributed by atoms with van der Waals surface area (Å²) in [4.78, 5) is 24.1. The Bertz CT molecular complexity index is 866. The van der Waals surface area contributed by atoms with E-state index in [-0.39, 0.29) is 0 Å². The minimum absolute atomic E-state index is 0.462. The molecule has 0 aliphatic heterocycles. The van der Waals surface area contributed by atoms with Gasteiger partial charge in [-0.2, -0.15) is 5.26 Å². The topological polar surface area (TPSA) is 88.4 Å². The number of nitriles is 1. The minimum Gasteiger partial charge on any atom is -0.493 e. The highest BCUT2D eigenvalue weighted by atomic mass is 16.5. The Labute approximate surface area is 158 Å². The maximum atomic E-state index is 12.1. The van der Waals surface area contributed by atoms with Gasteiger partial charge < -0.3 is 14.8 Å². The van der Waals surface area contributed by atoms with E-state index in [0.717, 1.165) is 5.56 Å². The van der Waals surface area contributed by atoms with Gasteiger partial charge in [0.1, 0.15) is 5.75 Å². The van der Waals surface area contributed by atoms with Crippen LogP contribution in [0.4, 0.5) is 5.69 Å². The highest BCUT2D eigenvalue weighted by molar-refractivity contribution is 5.96. The summed E-state index contributed by atoms with van der Waals surface area (Å²) in [7, 11) is 0. The van der Waals surface area contributed by atoms with E-state index in [1.165, 1.54) is 13.0 Å². The summed E-state index contributed by atoms with van der Waals surface area (Å²) in [5.41, 5.74) is 1.75. The lowest BCUT2D eigenvalue weighted by atomic mass is 10.2. The van der Waals surface area contributed by atoms with E-state index in [0.29, 0.717) is 23.6 Å². The highest BCUT2D eigenvalue weighted by Gasteiger charge is 2.16. The number of rotatable bonds is 7. The fourth-order valence-corrected chi connectivity index (χ4v) is 2.20. The summed E-state index contributed by atoms with van der Waals surface area (Å²) >= 11 is 0. The van der Waals surface area contributed by atoms with E-state index in [1.54, 1.807) is 30.3 Å². The molecule has 1 atom stereocenters. The number of carbonyl (C=O) groups is 2. The van der Waals surface area contributed by atoms with Crippen LogP contribution in [-0.2, 0) is 14.3 Å². The van der Waals surface area contributed by atoms with Crippen LogP contribution in [0.3, 0.4) is 0 Å². The number of nitrogens with zero attached hydrogens (tertiary/aromatic N) is 1. The van der Waals surface area contributed by atoms with Crippen molar-refractivity contribution in [2.24, 2.45) is 0 Å². The third kappa shape index (κ3) is 6.01. The molecule has 0 spiro atoms. The Balaban J connectivity index is 1.92. The Morgan fingerprint density at radius 2 is 1.89 bits per heavy atom.